The van der Waals surface area contributed by atoms with Gasteiger partial charge in [0.1, 0.15) is 5.01 Å². The van der Waals surface area contributed by atoms with E-state index in [-0.39, 0.29) is 12.4 Å². The fraction of sp³-hybridized carbons (Fsp3) is 0.222. The molecule has 0 aliphatic heterocycles. The van der Waals surface area contributed by atoms with Gasteiger partial charge >= 0.3 is 0 Å². The maximum atomic E-state index is 4.54. The number of hydrogen-bond donors (Lipinski definition) is 1. The highest BCUT2D eigenvalue weighted by Gasteiger charge is 2.08. The first-order valence-electron chi connectivity index (χ1n) is 4.13. The Kier molecular flexibility index (Phi) is 5.22. The molecule has 0 radical (unpaired) electrons. The summed E-state index contributed by atoms with van der Waals surface area (Å²) in [5.74, 6) is 0. The van der Waals surface area contributed by atoms with Gasteiger partial charge in [-0.2, -0.15) is 0 Å². The molecule has 2 nitrogen and oxygen atoms in total. The van der Waals surface area contributed by atoms with Gasteiger partial charge in [0, 0.05) is 16.4 Å². The number of nitrogens with one attached hydrogen (secondary N) is 1. The minimum Gasteiger partial charge on any atom is -0.314 e. The average molecular weight is 326 g/mol. The lowest BCUT2D eigenvalue weighted by Crippen LogP contribution is -2.04. The average Bonchev–Trinajstić information content (AvgIpc) is 2.74. The molecule has 0 aliphatic carbocycles. The molecule has 82 valence electrons. The third kappa shape index (κ3) is 3.01. The van der Waals surface area contributed by atoms with Crippen molar-refractivity contribution >= 4 is 51.0 Å². The Labute approximate surface area is 111 Å². The first-order chi connectivity index (χ1) is 6.81. The maximum absolute atomic E-state index is 4.54. The van der Waals surface area contributed by atoms with Crippen LogP contribution in [0.4, 0.5) is 0 Å². The van der Waals surface area contributed by atoms with Crippen molar-refractivity contribution in [3.63, 3.8) is 0 Å². The van der Waals surface area contributed by atoms with Crippen LogP contribution in [0, 0.1) is 0 Å². The van der Waals surface area contributed by atoms with E-state index >= 15 is 0 Å². The van der Waals surface area contributed by atoms with Crippen LogP contribution < -0.4 is 5.32 Å². The molecule has 0 amide bonds. The Morgan fingerprint density at radius 1 is 1.47 bits per heavy atom. The molecule has 0 saturated carbocycles. The summed E-state index contributed by atoms with van der Waals surface area (Å²) in [5, 5.41) is 8.39. The van der Waals surface area contributed by atoms with Crippen LogP contribution in [0.25, 0.3) is 10.6 Å². The Bertz CT molecular complexity index is 427. The number of rotatable bonds is 3. The molecule has 1 N–H and O–H groups in total. The van der Waals surface area contributed by atoms with Crippen LogP contribution in [0.15, 0.2) is 21.3 Å². The lowest BCUT2D eigenvalue weighted by atomic mass is 10.4. The molecule has 2 heterocycles. The number of hydrogen-bond acceptors (Lipinski definition) is 4. The molecule has 0 bridgehead atoms. The van der Waals surface area contributed by atoms with Crippen LogP contribution in [0.3, 0.4) is 0 Å². The Morgan fingerprint density at radius 3 is 2.87 bits per heavy atom. The highest BCUT2D eigenvalue weighted by atomic mass is 79.9. The monoisotopic (exact) mass is 324 g/mol. The van der Waals surface area contributed by atoms with E-state index in [1.807, 2.05) is 7.05 Å². The van der Waals surface area contributed by atoms with Gasteiger partial charge in [0.05, 0.1) is 10.6 Å². The second kappa shape index (κ2) is 5.96. The maximum Gasteiger partial charge on any atom is 0.107 e. The molecular formula is C9H10BrClN2S2. The van der Waals surface area contributed by atoms with Crippen LogP contribution in [0.2, 0.25) is 0 Å². The zero-order valence-electron chi connectivity index (χ0n) is 7.99. The summed E-state index contributed by atoms with van der Waals surface area (Å²) >= 11 is 6.91. The molecule has 15 heavy (non-hydrogen) atoms. The zero-order valence-corrected chi connectivity index (χ0v) is 12.0. The number of aromatic nitrogens is 1. The lowest BCUT2D eigenvalue weighted by Gasteiger charge is -1.92. The SMILES string of the molecule is CNCc1nc(-c2sccc2Br)cs1.Cl. The van der Waals surface area contributed by atoms with Crippen molar-refractivity contribution in [2.75, 3.05) is 7.05 Å². The minimum atomic E-state index is 0. The molecule has 0 atom stereocenters. The Hall–Kier alpha value is 0.0600. The van der Waals surface area contributed by atoms with Crippen LogP contribution >= 0.6 is 51.0 Å². The predicted octanol–water partition coefficient (Wildman–Crippen LogP) is 3.78. The quantitative estimate of drug-likeness (QED) is 0.929. The number of thiazole rings is 1. The van der Waals surface area contributed by atoms with Crippen molar-refractivity contribution in [3.8, 4) is 10.6 Å². The van der Waals surface area contributed by atoms with E-state index in [1.54, 1.807) is 22.7 Å². The van der Waals surface area contributed by atoms with Crippen molar-refractivity contribution in [2.24, 2.45) is 0 Å². The second-order valence-corrected chi connectivity index (χ2v) is 5.47. The highest BCUT2D eigenvalue weighted by molar-refractivity contribution is 9.10. The smallest absolute Gasteiger partial charge is 0.107 e. The largest absolute Gasteiger partial charge is 0.314 e. The summed E-state index contributed by atoms with van der Waals surface area (Å²) < 4.78 is 1.13. The Morgan fingerprint density at radius 2 is 2.27 bits per heavy atom. The lowest BCUT2D eigenvalue weighted by molar-refractivity contribution is 0.811. The molecule has 0 fully saturated rings. The number of nitrogens with zero attached hydrogens (tertiary/aromatic N) is 1. The van der Waals surface area contributed by atoms with Gasteiger partial charge in [0.2, 0.25) is 0 Å². The van der Waals surface area contributed by atoms with E-state index in [4.69, 9.17) is 0 Å². The van der Waals surface area contributed by atoms with E-state index in [2.05, 4.69) is 43.1 Å². The molecule has 0 unspecified atom stereocenters. The summed E-state index contributed by atoms with van der Waals surface area (Å²) in [4.78, 5) is 5.75. The van der Waals surface area contributed by atoms with Crippen LogP contribution in [0.1, 0.15) is 5.01 Å². The van der Waals surface area contributed by atoms with Gasteiger partial charge in [0.25, 0.3) is 0 Å². The summed E-state index contributed by atoms with van der Waals surface area (Å²) in [6, 6.07) is 2.05. The highest BCUT2D eigenvalue weighted by Crippen LogP contribution is 2.33. The molecule has 6 heteroatoms. The van der Waals surface area contributed by atoms with Crippen molar-refractivity contribution in [1.29, 1.82) is 0 Å². The van der Waals surface area contributed by atoms with Gasteiger partial charge in [-0.15, -0.1) is 35.1 Å². The van der Waals surface area contributed by atoms with Gasteiger partial charge in [0.15, 0.2) is 0 Å². The van der Waals surface area contributed by atoms with E-state index in [9.17, 15) is 0 Å². The summed E-state index contributed by atoms with van der Waals surface area (Å²) in [6.07, 6.45) is 0. The molecular weight excluding hydrogens is 316 g/mol. The second-order valence-electron chi connectivity index (χ2n) is 2.75. The predicted molar refractivity (Wildman–Crippen MR) is 73.1 cm³/mol. The number of halogens is 2. The summed E-state index contributed by atoms with van der Waals surface area (Å²) in [6.45, 7) is 0.841. The van der Waals surface area contributed by atoms with Crippen molar-refractivity contribution in [1.82, 2.24) is 10.3 Å². The molecule has 0 aliphatic rings. The van der Waals surface area contributed by atoms with Crippen LogP contribution in [-0.2, 0) is 6.54 Å². The first kappa shape index (κ1) is 13.1. The van der Waals surface area contributed by atoms with E-state index in [0.29, 0.717) is 0 Å². The van der Waals surface area contributed by atoms with Gasteiger partial charge in [-0.1, -0.05) is 0 Å². The molecule has 0 spiro atoms. The van der Waals surface area contributed by atoms with Crippen LogP contribution in [0.5, 0.6) is 0 Å². The normalized spacial score (nSPS) is 10.0. The van der Waals surface area contributed by atoms with Gasteiger partial charge in [-0.05, 0) is 34.4 Å². The third-order valence-electron chi connectivity index (χ3n) is 1.73. The number of thiophene rings is 1. The van der Waals surface area contributed by atoms with Gasteiger partial charge in [-0.3, -0.25) is 0 Å². The summed E-state index contributed by atoms with van der Waals surface area (Å²) in [7, 11) is 1.93. The molecule has 2 aromatic rings. The van der Waals surface area contributed by atoms with Gasteiger partial charge < -0.3 is 5.32 Å². The van der Waals surface area contributed by atoms with Crippen molar-refractivity contribution in [2.45, 2.75) is 6.54 Å². The van der Waals surface area contributed by atoms with Crippen LogP contribution in [-0.4, -0.2) is 12.0 Å². The standard InChI is InChI=1S/C9H9BrN2S2.ClH/c1-11-4-8-12-7(5-14-8)9-6(10)2-3-13-9;/h2-3,5,11H,4H2,1H3;1H. The molecule has 0 saturated heterocycles. The molecule has 2 aromatic heterocycles. The summed E-state index contributed by atoms with van der Waals surface area (Å²) in [5.41, 5.74) is 1.07. The third-order valence-corrected chi connectivity index (χ3v) is 4.44. The molecule has 2 rings (SSSR count). The van der Waals surface area contributed by atoms with Crippen molar-refractivity contribution < 1.29 is 0 Å². The first-order valence-corrected chi connectivity index (χ1v) is 6.69. The van der Waals surface area contributed by atoms with E-state index in [0.717, 1.165) is 21.7 Å². The molecule has 0 aromatic carbocycles. The zero-order chi connectivity index (χ0) is 9.97. The van der Waals surface area contributed by atoms with Crippen molar-refractivity contribution in [3.05, 3.63) is 26.3 Å². The fourth-order valence-electron chi connectivity index (χ4n) is 1.12. The van der Waals surface area contributed by atoms with Gasteiger partial charge in [-0.25, -0.2) is 4.98 Å². The Balaban J connectivity index is 0.00000112. The van der Waals surface area contributed by atoms with E-state index < -0.39 is 0 Å². The fourth-order valence-corrected chi connectivity index (χ4v) is 3.53. The topological polar surface area (TPSA) is 24.9 Å². The minimum absolute atomic E-state index is 0. The van der Waals surface area contributed by atoms with E-state index in [1.165, 1.54) is 4.88 Å².